The highest BCUT2D eigenvalue weighted by Gasteiger charge is 2.39. The number of ether oxygens (including phenoxy) is 3. The van der Waals surface area contributed by atoms with Gasteiger partial charge >= 0.3 is 0 Å². The number of benzene rings is 2. The van der Waals surface area contributed by atoms with Crippen molar-refractivity contribution >= 4 is 26.0 Å². The molecule has 1 fully saturated rings. The Balaban J connectivity index is 2.08. The molecule has 0 N–H and O–H groups in total. The molecule has 6 nitrogen and oxygen atoms in total. The Morgan fingerprint density at radius 2 is 1.70 bits per heavy atom. The van der Waals surface area contributed by atoms with Crippen LogP contribution in [0.5, 0.6) is 17.2 Å². The molecule has 0 aliphatic carbocycles. The molecule has 3 rings (SSSR count). The molecule has 0 saturated carbocycles. The van der Waals surface area contributed by atoms with E-state index in [1.165, 1.54) is 11.4 Å². The van der Waals surface area contributed by atoms with Crippen LogP contribution in [0.15, 0.2) is 45.8 Å². The molecule has 1 heterocycles. The van der Waals surface area contributed by atoms with Crippen LogP contribution in [0.1, 0.15) is 24.4 Å². The van der Waals surface area contributed by atoms with Gasteiger partial charge in [-0.25, -0.2) is 8.42 Å². The summed E-state index contributed by atoms with van der Waals surface area (Å²) >= 11 is 3.35. The van der Waals surface area contributed by atoms with E-state index in [9.17, 15) is 8.42 Å². The lowest BCUT2D eigenvalue weighted by Crippen LogP contribution is -2.31. The second-order valence-corrected chi connectivity index (χ2v) is 8.95. The lowest BCUT2D eigenvalue weighted by Gasteiger charge is -2.26. The molecule has 146 valence electrons. The van der Waals surface area contributed by atoms with E-state index in [0.717, 1.165) is 12.0 Å². The minimum absolute atomic E-state index is 0.146. The van der Waals surface area contributed by atoms with Crippen LogP contribution in [0.4, 0.5) is 0 Å². The van der Waals surface area contributed by atoms with Crippen molar-refractivity contribution in [3.05, 3.63) is 46.4 Å². The Bertz CT molecular complexity index is 932. The summed E-state index contributed by atoms with van der Waals surface area (Å²) in [5, 5.41) is 0. The van der Waals surface area contributed by atoms with Gasteiger partial charge in [0, 0.05) is 16.6 Å². The minimum Gasteiger partial charge on any atom is -0.497 e. The predicted molar refractivity (Wildman–Crippen MR) is 106 cm³/mol. The van der Waals surface area contributed by atoms with Crippen LogP contribution >= 0.6 is 15.9 Å². The third kappa shape index (κ3) is 3.79. The van der Waals surface area contributed by atoms with E-state index in [0.29, 0.717) is 34.7 Å². The third-order valence-corrected chi connectivity index (χ3v) is 7.13. The standard InChI is InChI=1S/C19H22BrNO5S/c1-24-14-7-9-17(25-2)15(12-14)16-5-4-10-21(16)27(22,23)19-11-13(20)6-8-18(19)26-3/h6-9,11-12,16H,4-5,10H2,1-3H3/t16-/m0/s1. The van der Waals surface area contributed by atoms with Crippen molar-refractivity contribution in [3.8, 4) is 17.2 Å². The maximum Gasteiger partial charge on any atom is 0.247 e. The van der Waals surface area contributed by atoms with Crippen LogP contribution in [0, 0.1) is 0 Å². The first-order valence-electron chi connectivity index (χ1n) is 8.49. The van der Waals surface area contributed by atoms with Crippen LogP contribution < -0.4 is 14.2 Å². The summed E-state index contributed by atoms with van der Waals surface area (Å²) in [6.45, 7) is 0.434. The van der Waals surface area contributed by atoms with Gasteiger partial charge in [-0.05, 0) is 49.2 Å². The molecular weight excluding hydrogens is 434 g/mol. The van der Waals surface area contributed by atoms with Gasteiger partial charge in [0.15, 0.2) is 0 Å². The Morgan fingerprint density at radius 3 is 2.37 bits per heavy atom. The number of rotatable bonds is 6. The van der Waals surface area contributed by atoms with E-state index < -0.39 is 10.0 Å². The molecule has 0 unspecified atom stereocenters. The Hall–Kier alpha value is -1.77. The molecule has 1 saturated heterocycles. The summed E-state index contributed by atoms with van der Waals surface area (Å²) in [6.07, 6.45) is 1.47. The van der Waals surface area contributed by atoms with Gasteiger partial charge in [-0.15, -0.1) is 0 Å². The zero-order valence-corrected chi connectivity index (χ0v) is 17.8. The van der Waals surface area contributed by atoms with Gasteiger partial charge < -0.3 is 14.2 Å². The molecule has 0 amide bonds. The van der Waals surface area contributed by atoms with Crippen molar-refractivity contribution in [2.45, 2.75) is 23.8 Å². The molecule has 1 aliphatic rings. The van der Waals surface area contributed by atoms with Crippen LogP contribution in [0.25, 0.3) is 0 Å². The van der Waals surface area contributed by atoms with Crippen molar-refractivity contribution in [2.75, 3.05) is 27.9 Å². The van der Waals surface area contributed by atoms with Gasteiger partial charge in [-0.3, -0.25) is 0 Å². The summed E-state index contributed by atoms with van der Waals surface area (Å²) in [7, 11) is 0.867. The van der Waals surface area contributed by atoms with E-state index in [1.54, 1.807) is 44.6 Å². The Kier molecular flexibility index (Phi) is 5.98. The zero-order chi connectivity index (χ0) is 19.6. The molecule has 8 heteroatoms. The fourth-order valence-corrected chi connectivity index (χ4v) is 5.79. The maximum atomic E-state index is 13.5. The smallest absolute Gasteiger partial charge is 0.247 e. The summed E-state index contributed by atoms with van der Waals surface area (Å²) in [6, 6.07) is 10.1. The van der Waals surface area contributed by atoms with Gasteiger partial charge in [0.2, 0.25) is 10.0 Å². The zero-order valence-electron chi connectivity index (χ0n) is 15.4. The van der Waals surface area contributed by atoms with E-state index in [-0.39, 0.29) is 10.9 Å². The van der Waals surface area contributed by atoms with Crippen LogP contribution in [0.3, 0.4) is 0 Å². The Morgan fingerprint density at radius 1 is 1.00 bits per heavy atom. The normalized spacial score (nSPS) is 17.7. The fraction of sp³-hybridized carbons (Fsp3) is 0.368. The number of hydrogen-bond donors (Lipinski definition) is 0. The molecule has 0 bridgehead atoms. The quantitative estimate of drug-likeness (QED) is 0.658. The molecule has 1 atom stereocenters. The molecule has 27 heavy (non-hydrogen) atoms. The summed E-state index contributed by atoms with van der Waals surface area (Å²) in [5.41, 5.74) is 0.798. The van der Waals surface area contributed by atoms with E-state index >= 15 is 0 Å². The van der Waals surface area contributed by atoms with Crippen LogP contribution in [-0.4, -0.2) is 40.6 Å². The highest BCUT2D eigenvalue weighted by Crippen LogP contribution is 2.43. The van der Waals surface area contributed by atoms with Crippen molar-refractivity contribution in [1.29, 1.82) is 0 Å². The van der Waals surface area contributed by atoms with Crippen molar-refractivity contribution in [1.82, 2.24) is 4.31 Å². The largest absolute Gasteiger partial charge is 0.497 e. The van der Waals surface area contributed by atoms with Gasteiger partial charge in [0.25, 0.3) is 0 Å². The number of hydrogen-bond acceptors (Lipinski definition) is 5. The van der Waals surface area contributed by atoms with Crippen molar-refractivity contribution in [3.63, 3.8) is 0 Å². The van der Waals surface area contributed by atoms with E-state index in [2.05, 4.69) is 15.9 Å². The maximum absolute atomic E-state index is 13.5. The molecule has 2 aromatic rings. The number of sulfonamides is 1. The second-order valence-electron chi connectivity index (χ2n) is 6.18. The van der Waals surface area contributed by atoms with E-state index in [1.807, 2.05) is 6.07 Å². The monoisotopic (exact) mass is 455 g/mol. The molecular formula is C19H22BrNO5S. The van der Waals surface area contributed by atoms with Gasteiger partial charge in [0.1, 0.15) is 22.1 Å². The predicted octanol–water partition coefficient (Wildman–Crippen LogP) is 4.00. The fourth-order valence-electron chi connectivity index (χ4n) is 3.42. The third-order valence-electron chi connectivity index (χ3n) is 4.71. The molecule has 1 aliphatic heterocycles. The van der Waals surface area contributed by atoms with Crippen molar-refractivity contribution in [2.24, 2.45) is 0 Å². The highest BCUT2D eigenvalue weighted by atomic mass is 79.9. The first-order chi connectivity index (χ1) is 12.9. The molecule has 2 aromatic carbocycles. The number of methoxy groups -OCH3 is 3. The summed E-state index contributed by atoms with van der Waals surface area (Å²) in [4.78, 5) is 0.146. The van der Waals surface area contributed by atoms with Gasteiger partial charge in [0.05, 0.1) is 27.4 Å². The average Bonchev–Trinajstić information content (AvgIpc) is 3.18. The topological polar surface area (TPSA) is 65.1 Å². The van der Waals surface area contributed by atoms with Crippen LogP contribution in [-0.2, 0) is 10.0 Å². The minimum atomic E-state index is -3.76. The first kappa shape index (κ1) is 20.0. The Labute approximate surface area is 168 Å². The SMILES string of the molecule is COc1ccc(OC)c([C@@H]2CCCN2S(=O)(=O)c2cc(Br)ccc2OC)c1. The molecule has 0 radical (unpaired) electrons. The summed E-state index contributed by atoms with van der Waals surface area (Å²) < 4.78 is 45.2. The molecule has 0 spiro atoms. The van der Waals surface area contributed by atoms with Crippen molar-refractivity contribution < 1.29 is 22.6 Å². The first-order valence-corrected chi connectivity index (χ1v) is 10.7. The van der Waals surface area contributed by atoms with Gasteiger partial charge in [-0.2, -0.15) is 4.31 Å². The van der Waals surface area contributed by atoms with Gasteiger partial charge in [-0.1, -0.05) is 15.9 Å². The van der Waals surface area contributed by atoms with Crippen LogP contribution in [0.2, 0.25) is 0 Å². The van der Waals surface area contributed by atoms with E-state index in [4.69, 9.17) is 14.2 Å². The average molecular weight is 456 g/mol. The number of halogens is 1. The summed E-state index contributed by atoms with van der Waals surface area (Å²) in [5.74, 6) is 1.63. The second kappa shape index (κ2) is 8.08. The molecule has 0 aromatic heterocycles. The lowest BCUT2D eigenvalue weighted by atomic mass is 10.0. The highest BCUT2D eigenvalue weighted by molar-refractivity contribution is 9.10. The number of nitrogens with zero attached hydrogens (tertiary/aromatic N) is 1. The lowest BCUT2D eigenvalue weighted by molar-refractivity contribution is 0.358.